The normalized spacial score (nSPS) is 11.2. The zero-order valence-electron chi connectivity index (χ0n) is 12.3. The molecule has 0 radical (unpaired) electrons. The Balaban J connectivity index is 2.08. The van der Waals surface area contributed by atoms with E-state index < -0.39 is 14.8 Å². The van der Waals surface area contributed by atoms with Gasteiger partial charge < -0.3 is 5.32 Å². The van der Waals surface area contributed by atoms with Crippen molar-refractivity contribution in [3.05, 3.63) is 63.2 Å². The van der Waals surface area contributed by atoms with Crippen LogP contribution in [0.25, 0.3) is 0 Å². The number of nitrogens with zero attached hydrogens (tertiary/aromatic N) is 1. The van der Waals surface area contributed by atoms with E-state index in [0.29, 0.717) is 12.1 Å². The molecule has 0 saturated carbocycles. The zero-order valence-corrected chi connectivity index (χ0v) is 13.9. The summed E-state index contributed by atoms with van der Waals surface area (Å²) in [4.78, 5) is 10.2. The molecule has 6 nitrogen and oxygen atoms in total. The fourth-order valence-corrected chi connectivity index (χ4v) is 2.76. The molecule has 0 spiro atoms. The number of halogens is 1. The van der Waals surface area contributed by atoms with E-state index in [1.165, 1.54) is 24.5 Å². The summed E-state index contributed by atoms with van der Waals surface area (Å²) >= 11 is 6.02. The number of hydrogen-bond donors (Lipinski definition) is 1. The summed E-state index contributed by atoms with van der Waals surface area (Å²) in [6.45, 7) is 0. The van der Waals surface area contributed by atoms with Crippen LogP contribution >= 0.6 is 11.6 Å². The lowest BCUT2D eigenvalue weighted by atomic mass is 10.1. The monoisotopic (exact) mass is 354 g/mol. The highest BCUT2D eigenvalue weighted by Crippen LogP contribution is 2.29. The lowest BCUT2D eigenvalue weighted by Gasteiger charge is -2.09. The number of benzene rings is 2. The van der Waals surface area contributed by atoms with Crippen molar-refractivity contribution in [1.29, 1.82) is 0 Å². The minimum atomic E-state index is -2.99. The first-order valence-corrected chi connectivity index (χ1v) is 9.16. The Kier molecular flexibility index (Phi) is 5.23. The number of nitrogens with one attached hydrogen (secondary N) is 1. The van der Waals surface area contributed by atoms with Gasteiger partial charge in [-0.15, -0.1) is 0 Å². The first-order valence-electron chi connectivity index (χ1n) is 6.72. The molecule has 0 aliphatic rings. The molecule has 8 heteroatoms. The molecule has 23 heavy (non-hydrogen) atoms. The average molecular weight is 355 g/mol. The van der Waals surface area contributed by atoms with E-state index in [-0.39, 0.29) is 16.5 Å². The van der Waals surface area contributed by atoms with E-state index in [0.717, 1.165) is 11.3 Å². The molecule has 1 N–H and O–H groups in total. The quantitative estimate of drug-likeness (QED) is 0.632. The van der Waals surface area contributed by atoms with Gasteiger partial charge in [-0.3, -0.25) is 10.1 Å². The Hall–Kier alpha value is -2.12. The van der Waals surface area contributed by atoms with E-state index in [2.05, 4.69) is 5.32 Å². The van der Waals surface area contributed by atoms with E-state index in [4.69, 9.17) is 11.6 Å². The maximum absolute atomic E-state index is 11.2. The van der Waals surface area contributed by atoms with Crippen molar-refractivity contribution >= 4 is 38.5 Å². The molecule has 0 saturated heterocycles. The molecule has 2 aromatic rings. The molecule has 0 unspecified atom stereocenters. The fraction of sp³-hybridized carbons (Fsp3) is 0.200. The van der Waals surface area contributed by atoms with Crippen molar-refractivity contribution in [3.63, 3.8) is 0 Å². The number of nitro groups is 1. The maximum Gasteiger partial charge on any atom is 0.271 e. The molecular formula is C15H15ClN2O4S. The summed E-state index contributed by atoms with van der Waals surface area (Å²) in [5.74, 6) is 0.105. The van der Waals surface area contributed by atoms with Crippen LogP contribution in [0.4, 0.5) is 17.1 Å². The minimum Gasteiger partial charge on any atom is -0.354 e. The Bertz CT molecular complexity index is 820. The smallest absolute Gasteiger partial charge is 0.271 e. The molecule has 2 rings (SSSR count). The van der Waals surface area contributed by atoms with Gasteiger partial charge in [0.25, 0.3) is 5.69 Å². The van der Waals surface area contributed by atoms with Crippen molar-refractivity contribution in [1.82, 2.24) is 0 Å². The molecule has 0 aromatic heterocycles. The van der Waals surface area contributed by atoms with Gasteiger partial charge in [-0.2, -0.15) is 0 Å². The Morgan fingerprint density at radius 2 is 1.83 bits per heavy atom. The van der Waals surface area contributed by atoms with Crippen LogP contribution in [0, 0.1) is 10.1 Å². The SMILES string of the molecule is CS(=O)(=O)CCc1ccc(Nc2ccc([N+](=O)[O-])cc2Cl)cc1. The molecule has 0 atom stereocenters. The van der Waals surface area contributed by atoms with Crippen LogP contribution in [0.3, 0.4) is 0 Å². The van der Waals surface area contributed by atoms with E-state index >= 15 is 0 Å². The second kappa shape index (κ2) is 6.97. The number of aryl methyl sites for hydroxylation is 1. The van der Waals surface area contributed by atoms with Gasteiger partial charge in [-0.05, 0) is 30.2 Å². The van der Waals surface area contributed by atoms with Crippen LogP contribution in [-0.4, -0.2) is 25.3 Å². The van der Waals surface area contributed by atoms with Gasteiger partial charge in [0.15, 0.2) is 0 Å². The predicted molar refractivity (Wildman–Crippen MR) is 91.2 cm³/mol. The van der Waals surface area contributed by atoms with Crippen molar-refractivity contribution in [2.24, 2.45) is 0 Å². The first kappa shape index (κ1) is 17.2. The molecular weight excluding hydrogens is 340 g/mol. The van der Waals surface area contributed by atoms with Gasteiger partial charge in [-0.25, -0.2) is 8.42 Å². The van der Waals surface area contributed by atoms with Crippen molar-refractivity contribution in [2.75, 3.05) is 17.3 Å². The fourth-order valence-electron chi connectivity index (χ4n) is 1.93. The number of nitro benzene ring substituents is 1. The topological polar surface area (TPSA) is 89.3 Å². The van der Waals surface area contributed by atoms with Crippen LogP contribution in [0.1, 0.15) is 5.56 Å². The molecule has 0 heterocycles. The van der Waals surface area contributed by atoms with Crippen LogP contribution in [-0.2, 0) is 16.3 Å². The number of sulfone groups is 1. The number of hydrogen-bond acceptors (Lipinski definition) is 5. The second-order valence-corrected chi connectivity index (χ2v) is 7.79. The van der Waals surface area contributed by atoms with Crippen molar-refractivity contribution in [3.8, 4) is 0 Å². The molecule has 0 amide bonds. The summed E-state index contributed by atoms with van der Waals surface area (Å²) in [5, 5.41) is 14.0. The predicted octanol–water partition coefficient (Wildman–Crippen LogP) is 3.58. The summed E-state index contributed by atoms with van der Waals surface area (Å²) < 4.78 is 22.3. The Morgan fingerprint density at radius 3 is 2.35 bits per heavy atom. The van der Waals surface area contributed by atoms with Gasteiger partial charge in [0.05, 0.1) is 21.4 Å². The maximum atomic E-state index is 11.2. The van der Waals surface area contributed by atoms with Crippen LogP contribution in [0.15, 0.2) is 42.5 Å². The summed E-state index contributed by atoms with van der Waals surface area (Å²) in [6, 6.07) is 11.4. The number of rotatable bonds is 6. The van der Waals surface area contributed by atoms with Crippen LogP contribution in [0.5, 0.6) is 0 Å². The Morgan fingerprint density at radius 1 is 1.17 bits per heavy atom. The lowest BCUT2D eigenvalue weighted by Crippen LogP contribution is -2.05. The summed E-state index contributed by atoms with van der Waals surface area (Å²) in [5.41, 5.74) is 2.15. The van der Waals surface area contributed by atoms with Gasteiger partial charge in [0.1, 0.15) is 9.84 Å². The van der Waals surface area contributed by atoms with Crippen molar-refractivity contribution in [2.45, 2.75) is 6.42 Å². The third kappa shape index (κ3) is 5.22. The minimum absolute atomic E-state index is 0.0725. The highest BCUT2D eigenvalue weighted by atomic mass is 35.5. The largest absolute Gasteiger partial charge is 0.354 e. The first-order chi connectivity index (χ1) is 10.7. The molecule has 0 aliphatic carbocycles. The third-order valence-corrected chi connectivity index (χ3v) is 4.42. The third-order valence-electron chi connectivity index (χ3n) is 3.16. The number of anilines is 2. The lowest BCUT2D eigenvalue weighted by molar-refractivity contribution is -0.384. The van der Waals surface area contributed by atoms with Crippen LogP contribution < -0.4 is 5.32 Å². The standard InChI is InChI=1S/C15H15ClN2O4S/c1-23(21,22)9-8-11-2-4-12(5-3-11)17-15-7-6-13(18(19)20)10-14(15)16/h2-7,10,17H,8-9H2,1H3. The second-order valence-electron chi connectivity index (χ2n) is 5.12. The summed E-state index contributed by atoms with van der Waals surface area (Å²) in [7, 11) is -2.99. The van der Waals surface area contributed by atoms with Crippen molar-refractivity contribution < 1.29 is 13.3 Å². The Labute approximate surface area is 139 Å². The molecule has 0 aliphatic heterocycles. The molecule has 122 valence electrons. The van der Waals surface area contributed by atoms with E-state index in [1.807, 2.05) is 12.1 Å². The van der Waals surface area contributed by atoms with Gasteiger partial charge >= 0.3 is 0 Å². The van der Waals surface area contributed by atoms with Crippen LogP contribution in [0.2, 0.25) is 5.02 Å². The number of non-ortho nitro benzene ring substituents is 1. The average Bonchev–Trinajstić information content (AvgIpc) is 2.47. The van der Waals surface area contributed by atoms with Gasteiger partial charge in [0, 0.05) is 24.1 Å². The highest BCUT2D eigenvalue weighted by Gasteiger charge is 2.09. The van der Waals surface area contributed by atoms with Gasteiger partial charge in [0.2, 0.25) is 0 Å². The molecule has 0 fully saturated rings. The van der Waals surface area contributed by atoms with E-state index in [1.54, 1.807) is 12.1 Å². The van der Waals surface area contributed by atoms with E-state index in [9.17, 15) is 18.5 Å². The summed E-state index contributed by atoms with van der Waals surface area (Å²) in [6.07, 6.45) is 1.66. The molecule has 0 bridgehead atoms. The zero-order chi connectivity index (χ0) is 17.0. The molecule has 2 aromatic carbocycles. The highest BCUT2D eigenvalue weighted by molar-refractivity contribution is 7.90. The van der Waals surface area contributed by atoms with Gasteiger partial charge in [-0.1, -0.05) is 23.7 Å².